The summed E-state index contributed by atoms with van der Waals surface area (Å²) in [6.07, 6.45) is -1.42. The number of pyridine rings is 1. The predicted octanol–water partition coefficient (Wildman–Crippen LogP) is 1.83. The molecule has 0 fully saturated rings. The Balaban J connectivity index is 0.000000954. The average molecular weight is 465 g/mol. The molecule has 172 valence electrons. The largest absolute Gasteiger partial charge is 0.478 e. The molecule has 7 N–H and O–H groups in total. The first-order chi connectivity index (χ1) is 14.4. The van der Waals surface area contributed by atoms with Crippen LogP contribution in [0.2, 0.25) is 0 Å². The number of alkyl halides is 3. The third-order valence-corrected chi connectivity index (χ3v) is 3.86. The second-order valence-corrected chi connectivity index (χ2v) is 6.70. The molecule has 0 aliphatic heterocycles. The van der Waals surface area contributed by atoms with Gasteiger partial charge in [0, 0.05) is 18.6 Å². The lowest BCUT2D eigenvalue weighted by Gasteiger charge is -2.07. The number of unbranched alkanes of at least 4 members (excludes halogenated alkanes) is 1. The molecule has 1 heterocycles. The first-order valence-corrected chi connectivity index (χ1v) is 9.53. The molecule has 31 heavy (non-hydrogen) atoms. The number of anilines is 1. The number of hydrogen-bond acceptors (Lipinski definition) is 6. The van der Waals surface area contributed by atoms with E-state index in [0.717, 1.165) is 12.2 Å². The van der Waals surface area contributed by atoms with Crippen molar-refractivity contribution in [1.29, 1.82) is 0 Å². The smallest absolute Gasteiger partial charge is 0.408 e. The van der Waals surface area contributed by atoms with Gasteiger partial charge in [-0.1, -0.05) is 6.07 Å². The third-order valence-electron chi connectivity index (χ3n) is 2.84. The molecule has 1 aromatic heterocycles. The van der Waals surface area contributed by atoms with Crippen molar-refractivity contribution in [2.45, 2.75) is 30.5 Å². The summed E-state index contributed by atoms with van der Waals surface area (Å²) in [5, 5.41) is 18.8. The Labute approximate surface area is 179 Å². The molecule has 0 spiro atoms. The van der Waals surface area contributed by atoms with Crippen LogP contribution in [0.25, 0.3) is 0 Å². The summed E-state index contributed by atoms with van der Waals surface area (Å²) in [5.74, 6) is -2.12. The average Bonchev–Trinajstić information content (AvgIpc) is 2.64. The number of aliphatic carboxylic acids is 2. The molecule has 0 aliphatic rings. The van der Waals surface area contributed by atoms with Crippen LogP contribution in [0.4, 0.5) is 19.0 Å². The number of hydrogen-bond donors (Lipinski definition) is 5. The molecule has 0 aliphatic carbocycles. The molecule has 0 saturated carbocycles. The Morgan fingerprint density at radius 3 is 2.26 bits per heavy atom. The fourth-order valence-corrected chi connectivity index (χ4v) is 2.53. The van der Waals surface area contributed by atoms with Gasteiger partial charge in [0.15, 0.2) is 5.96 Å². The Kier molecular flexibility index (Phi) is 13.1. The minimum atomic E-state index is -4.40. The summed E-state index contributed by atoms with van der Waals surface area (Å²) in [6, 6.07) is 5.05. The second kappa shape index (κ2) is 14.7. The molecule has 0 unspecified atom stereocenters. The predicted molar refractivity (Wildman–Crippen MR) is 109 cm³/mol. The van der Waals surface area contributed by atoms with E-state index < -0.39 is 24.7 Å². The van der Waals surface area contributed by atoms with Crippen LogP contribution in [0, 0.1) is 0 Å². The van der Waals surface area contributed by atoms with Crippen LogP contribution in [0.1, 0.15) is 19.3 Å². The highest BCUT2D eigenvalue weighted by Gasteiger charge is 2.26. The number of amides is 1. The number of aliphatic imine (C=N–C) groups is 1. The lowest BCUT2D eigenvalue weighted by atomic mass is 10.2. The van der Waals surface area contributed by atoms with Crippen molar-refractivity contribution in [3.8, 4) is 0 Å². The number of nitrogens with one attached hydrogen (secondary N) is 1. The number of carbonyl (C=O) groups is 3. The van der Waals surface area contributed by atoms with Gasteiger partial charge in [-0.25, -0.2) is 19.6 Å². The van der Waals surface area contributed by atoms with Crippen LogP contribution in [0.15, 0.2) is 40.4 Å². The highest BCUT2D eigenvalue weighted by Crippen LogP contribution is 2.19. The number of nitrogens with two attached hydrogens (primary N) is 2. The topological polar surface area (TPSA) is 181 Å². The summed E-state index contributed by atoms with van der Waals surface area (Å²) in [6.45, 7) is -1.35. The third kappa shape index (κ3) is 18.5. The molecule has 1 amide bonds. The zero-order chi connectivity index (χ0) is 23.9. The Morgan fingerprint density at radius 2 is 1.74 bits per heavy atom. The van der Waals surface area contributed by atoms with Crippen LogP contribution in [-0.2, 0) is 14.4 Å². The van der Waals surface area contributed by atoms with Crippen molar-refractivity contribution < 1.29 is 37.8 Å². The molecular weight excluding hydrogens is 443 g/mol. The van der Waals surface area contributed by atoms with E-state index in [2.05, 4.69) is 15.3 Å². The summed E-state index contributed by atoms with van der Waals surface area (Å²) >= 11 is 1.47. The van der Waals surface area contributed by atoms with E-state index >= 15 is 0 Å². The lowest BCUT2D eigenvalue weighted by Crippen LogP contribution is -2.26. The van der Waals surface area contributed by atoms with Crippen LogP contribution in [-0.4, -0.2) is 57.5 Å². The molecule has 0 aromatic carbocycles. The summed E-state index contributed by atoms with van der Waals surface area (Å²) < 4.78 is 36.1. The standard InChI is InChI=1S/C13H18F3N5OS.C4H4O4/c14-13(15,16)8-19-12(18)21-10-5-3-6-11(20-10)23-7-2-1-4-9(17)22;5-3(6)1-2-4(7)8/h3,5-6H,1-2,4,7-8H2,(H2,17,22)(H3,18,19,20,21);1-2H,(H,5,6)(H,7,8)/b;2-1-. The molecule has 1 aromatic rings. The molecule has 0 saturated heterocycles. The maximum atomic E-state index is 12.0. The van der Waals surface area contributed by atoms with E-state index in [1.54, 1.807) is 18.2 Å². The maximum absolute atomic E-state index is 12.0. The Morgan fingerprint density at radius 1 is 1.13 bits per heavy atom. The molecular formula is C17H22F3N5O5S. The Bertz CT molecular complexity index is 787. The van der Waals surface area contributed by atoms with Crippen molar-refractivity contribution in [2.24, 2.45) is 16.5 Å². The number of carbonyl (C=O) groups excluding carboxylic acids is 1. The first kappa shape index (κ1) is 27.7. The number of carboxylic acid groups (broad SMARTS) is 2. The van der Waals surface area contributed by atoms with Gasteiger partial charge >= 0.3 is 18.1 Å². The van der Waals surface area contributed by atoms with Crippen molar-refractivity contribution in [3.05, 3.63) is 30.4 Å². The Hall–Kier alpha value is -3.29. The summed E-state index contributed by atoms with van der Waals surface area (Å²) in [7, 11) is 0. The fraction of sp³-hybridized carbons (Fsp3) is 0.353. The summed E-state index contributed by atoms with van der Waals surface area (Å²) in [5.41, 5.74) is 10.4. The number of halogens is 3. The van der Waals surface area contributed by atoms with Crippen molar-refractivity contribution in [3.63, 3.8) is 0 Å². The maximum Gasteiger partial charge on any atom is 0.408 e. The van der Waals surface area contributed by atoms with Gasteiger partial charge in [0.1, 0.15) is 12.4 Å². The normalized spacial score (nSPS) is 11.5. The van der Waals surface area contributed by atoms with Gasteiger partial charge in [-0.15, -0.1) is 11.8 Å². The molecule has 0 radical (unpaired) electrons. The van der Waals surface area contributed by atoms with Crippen molar-refractivity contribution >= 4 is 41.4 Å². The highest BCUT2D eigenvalue weighted by atomic mass is 32.2. The van der Waals surface area contributed by atoms with Gasteiger partial charge in [0.05, 0.1) is 5.03 Å². The molecule has 0 bridgehead atoms. The van der Waals surface area contributed by atoms with Gasteiger partial charge in [-0.2, -0.15) is 13.2 Å². The number of carboxylic acids is 2. The first-order valence-electron chi connectivity index (χ1n) is 8.55. The van der Waals surface area contributed by atoms with E-state index in [4.69, 9.17) is 21.7 Å². The molecule has 0 atom stereocenters. The highest BCUT2D eigenvalue weighted by molar-refractivity contribution is 7.99. The van der Waals surface area contributed by atoms with E-state index in [0.29, 0.717) is 35.8 Å². The number of aromatic nitrogens is 1. The fourth-order valence-electron chi connectivity index (χ4n) is 1.63. The number of rotatable bonds is 10. The number of nitrogens with zero attached hydrogens (tertiary/aromatic N) is 2. The van der Waals surface area contributed by atoms with Gasteiger partial charge in [0.2, 0.25) is 5.91 Å². The van der Waals surface area contributed by atoms with E-state index in [9.17, 15) is 27.6 Å². The molecule has 10 nitrogen and oxygen atoms in total. The van der Waals surface area contributed by atoms with Gasteiger partial charge in [-0.3, -0.25) is 4.79 Å². The molecule has 14 heteroatoms. The van der Waals surface area contributed by atoms with Gasteiger partial charge < -0.3 is 27.0 Å². The van der Waals surface area contributed by atoms with Crippen LogP contribution in [0.3, 0.4) is 0 Å². The zero-order valence-electron chi connectivity index (χ0n) is 16.1. The van der Waals surface area contributed by atoms with Gasteiger partial charge in [-0.05, 0) is 30.7 Å². The summed E-state index contributed by atoms with van der Waals surface area (Å²) in [4.78, 5) is 37.1. The zero-order valence-corrected chi connectivity index (χ0v) is 16.9. The second-order valence-electron chi connectivity index (χ2n) is 5.58. The van der Waals surface area contributed by atoms with Crippen LogP contribution < -0.4 is 16.8 Å². The van der Waals surface area contributed by atoms with E-state index in [1.807, 2.05) is 0 Å². The van der Waals surface area contributed by atoms with Crippen molar-refractivity contribution in [2.75, 3.05) is 17.6 Å². The lowest BCUT2D eigenvalue weighted by molar-refractivity contribution is -0.134. The van der Waals surface area contributed by atoms with E-state index in [1.165, 1.54) is 11.8 Å². The van der Waals surface area contributed by atoms with Crippen LogP contribution in [0.5, 0.6) is 0 Å². The minimum absolute atomic E-state index is 0.315. The van der Waals surface area contributed by atoms with E-state index in [-0.39, 0.29) is 11.9 Å². The molecule has 1 rings (SSSR count). The van der Waals surface area contributed by atoms with Gasteiger partial charge in [0.25, 0.3) is 0 Å². The SMILES string of the molecule is NC(=O)CCCCSc1cccc(NC(N)=NCC(F)(F)F)n1.O=C(O)/C=C\C(=O)O. The van der Waals surface area contributed by atoms with Crippen LogP contribution >= 0.6 is 11.8 Å². The number of thioether (sulfide) groups is 1. The van der Waals surface area contributed by atoms with Crippen molar-refractivity contribution in [1.82, 2.24) is 4.98 Å². The number of guanidine groups is 1. The quantitative estimate of drug-likeness (QED) is 0.113. The monoisotopic (exact) mass is 465 g/mol. The minimum Gasteiger partial charge on any atom is -0.478 e. The number of primary amides is 1.